The van der Waals surface area contributed by atoms with Crippen LogP contribution in [0, 0.1) is 11.7 Å². The summed E-state index contributed by atoms with van der Waals surface area (Å²) in [6.45, 7) is 4.86. The molecule has 2 N–H and O–H groups in total. The minimum atomic E-state index is -0.812. The van der Waals surface area contributed by atoms with E-state index in [1.54, 1.807) is 12.1 Å². The average molecular weight is 604 g/mol. The lowest BCUT2D eigenvalue weighted by atomic mass is 9.71. The predicted molar refractivity (Wildman–Crippen MR) is 160 cm³/mol. The molecule has 0 unspecified atom stereocenters. The molecule has 41 heavy (non-hydrogen) atoms. The molecular weight excluding hydrogens is 566 g/mol. The molecule has 6 rings (SSSR count). The first kappa shape index (κ1) is 29.8. The van der Waals surface area contributed by atoms with Gasteiger partial charge in [-0.3, -0.25) is 9.59 Å². The normalized spacial score (nSPS) is 21.0. The van der Waals surface area contributed by atoms with Crippen LogP contribution in [0.2, 0.25) is 5.02 Å². The fourth-order valence-corrected chi connectivity index (χ4v) is 6.75. The number of carbonyl (C=O) groups is 2. The molecule has 3 saturated heterocycles. The van der Waals surface area contributed by atoms with Gasteiger partial charge in [0.05, 0.1) is 11.0 Å². The molecule has 3 aliphatic rings. The lowest BCUT2D eigenvalue weighted by Gasteiger charge is -2.41. The van der Waals surface area contributed by atoms with Crippen molar-refractivity contribution in [3.05, 3.63) is 70.6 Å². The lowest BCUT2D eigenvalue weighted by molar-refractivity contribution is -0.129. The Morgan fingerprint density at radius 3 is 2.49 bits per heavy atom. The summed E-state index contributed by atoms with van der Waals surface area (Å²) < 4.78 is 21.5. The number of carbonyl (C=O) groups excluding carboxylic acids is 2. The van der Waals surface area contributed by atoms with E-state index in [1.165, 1.54) is 12.1 Å². The first-order chi connectivity index (χ1) is 19.4. The van der Waals surface area contributed by atoms with Crippen molar-refractivity contribution >= 4 is 46.7 Å². The van der Waals surface area contributed by atoms with Crippen LogP contribution < -0.4 is 10.6 Å². The Kier molecular flexibility index (Phi) is 9.24. The van der Waals surface area contributed by atoms with Gasteiger partial charge in [-0.2, -0.15) is 0 Å². The number of rotatable bonds is 6. The zero-order valence-corrected chi connectivity index (χ0v) is 24.6. The topological polar surface area (TPSA) is 75.6 Å². The molecule has 0 radical (unpaired) electrons. The number of piperidine rings is 1. The van der Waals surface area contributed by atoms with Crippen molar-refractivity contribution < 1.29 is 18.7 Å². The Balaban J connectivity index is 0.00000337. The molecule has 2 aromatic carbocycles. The van der Waals surface area contributed by atoms with Crippen LogP contribution in [0.5, 0.6) is 0 Å². The Morgan fingerprint density at radius 2 is 1.80 bits per heavy atom. The molecule has 2 amide bonds. The average Bonchev–Trinajstić information content (AvgIpc) is 3.61. The smallest absolute Gasteiger partial charge is 0.256 e. The summed E-state index contributed by atoms with van der Waals surface area (Å²) in [4.78, 5) is 29.6. The van der Waals surface area contributed by atoms with Crippen LogP contribution in [0.15, 0.2) is 48.7 Å². The molecule has 220 valence electrons. The summed E-state index contributed by atoms with van der Waals surface area (Å²) in [6.07, 6.45) is 5.81. The highest BCUT2D eigenvalue weighted by molar-refractivity contribution is 6.31. The monoisotopic (exact) mass is 602 g/mol. The Morgan fingerprint density at radius 1 is 1.07 bits per heavy atom. The third kappa shape index (κ3) is 6.12. The van der Waals surface area contributed by atoms with Gasteiger partial charge in [-0.05, 0) is 80.5 Å². The molecule has 7 nitrogen and oxygen atoms in total. The Labute approximate surface area is 251 Å². The molecule has 10 heteroatoms. The molecule has 1 aromatic heterocycles. The number of fused-ring (bicyclic) bond motifs is 1. The van der Waals surface area contributed by atoms with Crippen LogP contribution in [0.4, 0.5) is 4.39 Å². The zero-order chi connectivity index (χ0) is 27.7. The predicted octanol–water partition coefficient (Wildman–Crippen LogP) is 4.93. The highest BCUT2D eigenvalue weighted by Gasteiger charge is 2.44. The molecule has 1 atom stereocenters. The number of amides is 2. The van der Waals surface area contributed by atoms with E-state index in [-0.39, 0.29) is 36.1 Å². The maximum Gasteiger partial charge on any atom is 0.256 e. The van der Waals surface area contributed by atoms with Crippen molar-refractivity contribution in [2.75, 3.05) is 39.4 Å². The van der Waals surface area contributed by atoms with E-state index in [1.807, 2.05) is 29.3 Å². The van der Waals surface area contributed by atoms with E-state index in [0.29, 0.717) is 42.4 Å². The summed E-state index contributed by atoms with van der Waals surface area (Å²) in [5.41, 5.74) is 1.62. The second-order valence-corrected chi connectivity index (χ2v) is 11.9. The van der Waals surface area contributed by atoms with Gasteiger partial charge < -0.3 is 24.8 Å². The van der Waals surface area contributed by atoms with E-state index in [4.69, 9.17) is 16.3 Å². The van der Waals surface area contributed by atoms with E-state index < -0.39 is 5.41 Å². The fourth-order valence-electron chi connectivity index (χ4n) is 6.58. The molecule has 0 bridgehead atoms. The summed E-state index contributed by atoms with van der Waals surface area (Å²) in [6, 6.07) is 12.1. The SMILES string of the molecule is Cl.O=C(c1cn(CC2CCOCC2)c2ccc(Cl)cc12)N1CCC(C(=O)N[C@@H]2CCNC2)(c2ccc(F)cc2)CC1. The number of halogens is 3. The van der Waals surface area contributed by atoms with Crippen molar-refractivity contribution in [1.29, 1.82) is 0 Å². The van der Waals surface area contributed by atoms with Gasteiger partial charge in [0, 0.05) is 67.6 Å². The van der Waals surface area contributed by atoms with Gasteiger partial charge in [-0.15, -0.1) is 12.4 Å². The summed E-state index contributed by atoms with van der Waals surface area (Å²) >= 11 is 6.38. The van der Waals surface area contributed by atoms with Crippen LogP contribution in [-0.4, -0.2) is 66.7 Å². The van der Waals surface area contributed by atoms with Crippen LogP contribution in [0.1, 0.15) is 48.0 Å². The largest absolute Gasteiger partial charge is 0.381 e. The molecular formula is C31H37Cl2FN4O3. The summed E-state index contributed by atoms with van der Waals surface area (Å²) in [7, 11) is 0. The number of nitrogens with one attached hydrogen (secondary N) is 2. The first-order valence-electron chi connectivity index (χ1n) is 14.4. The van der Waals surface area contributed by atoms with Gasteiger partial charge in [0.1, 0.15) is 5.82 Å². The van der Waals surface area contributed by atoms with Gasteiger partial charge in [0.2, 0.25) is 5.91 Å². The van der Waals surface area contributed by atoms with Crippen LogP contribution in [0.25, 0.3) is 10.9 Å². The van der Waals surface area contributed by atoms with Gasteiger partial charge in [0.25, 0.3) is 5.91 Å². The molecule has 0 saturated carbocycles. The molecule has 3 aliphatic heterocycles. The van der Waals surface area contributed by atoms with Crippen molar-refractivity contribution in [1.82, 2.24) is 20.1 Å². The summed E-state index contributed by atoms with van der Waals surface area (Å²) in [5, 5.41) is 7.97. The van der Waals surface area contributed by atoms with E-state index >= 15 is 0 Å². The standard InChI is InChI=1S/C31H36ClFN4O3.ClH/c32-23-3-6-28-26(17-23)27(20-37(28)19-21-8-15-40-16-9-21)29(38)36-13-10-31(11-14-36,22-1-4-24(33)5-2-22)30(39)35-25-7-12-34-18-25;/h1-6,17,20-21,25,34H,7-16,18-19H2,(H,35,39);1H/t25-;/m1./s1. The quantitative estimate of drug-likeness (QED) is 0.419. The first-order valence-corrected chi connectivity index (χ1v) is 14.7. The molecule has 3 aromatic rings. The van der Waals surface area contributed by atoms with E-state index in [0.717, 1.165) is 68.6 Å². The Hall–Kier alpha value is -2.65. The van der Waals surface area contributed by atoms with E-state index in [2.05, 4.69) is 15.2 Å². The third-order valence-electron chi connectivity index (χ3n) is 9.00. The number of hydrogen-bond donors (Lipinski definition) is 2. The number of aromatic nitrogens is 1. The maximum atomic E-state index is 14.0. The van der Waals surface area contributed by atoms with Crippen molar-refractivity contribution in [3.8, 4) is 0 Å². The van der Waals surface area contributed by atoms with Crippen molar-refractivity contribution in [2.24, 2.45) is 5.92 Å². The minimum Gasteiger partial charge on any atom is -0.381 e. The molecule has 0 aliphatic carbocycles. The lowest BCUT2D eigenvalue weighted by Crippen LogP contribution is -2.54. The van der Waals surface area contributed by atoms with E-state index in [9.17, 15) is 14.0 Å². The van der Waals surface area contributed by atoms with Gasteiger partial charge in [0.15, 0.2) is 0 Å². The highest BCUT2D eigenvalue weighted by Crippen LogP contribution is 2.38. The third-order valence-corrected chi connectivity index (χ3v) is 9.24. The fraction of sp³-hybridized carbons (Fsp3) is 0.484. The van der Waals surface area contributed by atoms with Crippen LogP contribution >= 0.6 is 24.0 Å². The number of benzene rings is 2. The maximum absolute atomic E-state index is 14.0. The zero-order valence-electron chi connectivity index (χ0n) is 23.0. The van der Waals surface area contributed by atoms with Crippen LogP contribution in [-0.2, 0) is 21.5 Å². The van der Waals surface area contributed by atoms with Crippen molar-refractivity contribution in [3.63, 3.8) is 0 Å². The summed E-state index contributed by atoms with van der Waals surface area (Å²) in [5.74, 6) is 0.0800. The second-order valence-electron chi connectivity index (χ2n) is 11.5. The number of ether oxygens (including phenoxy) is 1. The van der Waals surface area contributed by atoms with Crippen molar-refractivity contribution in [2.45, 2.75) is 50.1 Å². The van der Waals surface area contributed by atoms with Gasteiger partial charge >= 0.3 is 0 Å². The van der Waals surface area contributed by atoms with Crippen LogP contribution in [0.3, 0.4) is 0 Å². The van der Waals surface area contributed by atoms with Gasteiger partial charge in [-0.1, -0.05) is 23.7 Å². The Bertz CT molecular complexity index is 1380. The molecule has 3 fully saturated rings. The molecule has 0 spiro atoms. The van der Waals surface area contributed by atoms with Gasteiger partial charge in [-0.25, -0.2) is 4.39 Å². The second kappa shape index (κ2) is 12.7. The minimum absolute atomic E-state index is 0. The number of likely N-dealkylation sites (tertiary alicyclic amines) is 1. The number of hydrogen-bond acceptors (Lipinski definition) is 4. The number of nitrogens with zero attached hydrogens (tertiary/aromatic N) is 2. The molecule has 4 heterocycles. The highest BCUT2D eigenvalue weighted by atomic mass is 35.5.